The molecular weight excluding hydrogens is 498 g/mol. The minimum atomic E-state index is -0.495. The lowest BCUT2D eigenvalue weighted by Crippen LogP contribution is -2.45. The Morgan fingerprint density at radius 2 is 1.70 bits per heavy atom. The van der Waals surface area contributed by atoms with E-state index in [4.69, 9.17) is 9.73 Å². The molecule has 2 aliphatic heterocycles. The normalized spacial score (nSPS) is 22.6. The summed E-state index contributed by atoms with van der Waals surface area (Å²) in [5, 5.41) is 0. The molecule has 2 fully saturated rings. The first kappa shape index (κ1) is 26.3. The summed E-state index contributed by atoms with van der Waals surface area (Å²) >= 11 is 0. The fourth-order valence-corrected chi connectivity index (χ4v) is 6.83. The largest absolute Gasteiger partial charge is 0.497 e. The third-order valence-electron chi connectivity index (χ3n) is 8.83. The van der Waals surface area contributed by atoms with Crippen LogP contribution in [0.1, 0.15) is 67.7 Å². The minimum absolute atomic E-state index is 0.0349. The molecule has 6 rings (SSSR count). The van der Waals surface area contributed by atoms with Crippen LogP contribution in [0.5, 0.6) is 5.75 Å². The van der Waals surface area contributed by atoms with E-state index in [-0.39, 0.29) is 17.6 Å². The van der Waals surface area contributed by atoms with Crippen LogP contribution in [-0.2, 0) is 9.59 Å². The van der Waals surface area contributed by atoms with Crippen molar-refractivity contribution in [2.24, 2.45) is 10.9 Å². The summed E-state index contributed by atoms with van der Waals surface area (Å²) in [6, 6.07) is 21.9. The van der Waals surface area contributed by atoms with Crippen molar-refractivity contribution in [1.82, 2.24) is 0 Å². The van der Waals surface area contributed by atoms with Crippen molar-refractivity contribution >= 4 is 34.5 Å². The van der Waals surface area contributed by atoms with Gasteiger partial charge in [-0.05, 0) is 91.6 Å². The molecule has 1 aliphatic carbocycles. The van der Waals surface area contributed by atoms with Crippen molar-refractivity contribution in [2.75, 3.05) is 30.0 Å². The van der Waals surface area contributed by atoms with E-state index in [0.717, 1.165) is 52.6 Å². The first-order valence-corrected chi connectivity index (χ1v) is 14.4. The number of rotatable bonds is 4. The summed E-state index contributed by atoms with van der Waals surface area (Å²) in [7, 11) is 1.66. The van der Waals surface area contributed by atoms with Gasteiger partial charge in [0, 0.05) is 37.8 Å². The number of hydrogen-bond acceptors (Lipinski definition) is 5. The maximum absolute atomic E-state index is 14.2. The monoisotopic (exact) mass is 535 g/mol. The Morgan fingerprint density at radius 1 is 0.950 bits per heavy atom. The molecule has 6 nitrogen and oxygen atoms in total. The zero-order valence-electron chi connectivity index (χ0n) is 23.6. The van der Waals surface area contributed by atoms with Gasteiger partial charge in [-0.3, -0.25) is 14.6 Å². The second-order valence-corrected chi connectivity index (χ2v) is 11.3. The van der Waals surface area contributed by atoms with Crippen molar-refractivity contribution in [3.8, 4) is 5.75 Å². The van der Waals surface area contributed by atoms with Gasteiger partial charge in [0.1, 0.15) is 11.5 Å². The first-order chi connectivity index (χ1) is 19.4. The van der Waals surface area contributed by atoms with E-state index >= 15 is 0 Å². The molecular formula is C34H37N3O3. The summed E-state index contributed by atoms with van der Waals surface area (Å²) < 4.78 is 5.34. The van der Waals surface area contributed by atoms with Crippen LogP contribution in [0.4, 0.5) is 17.1 Å². The number of piperidine rings is 1. The van der Waals surface area contributed by atoms with Gasteiger partial charge in [-0.25, -0.2) is 0 Å². The van der Waals surface area contributed by atoms with Gasteiger partial charge in [-0.15, -0.1) is 0 Å². The van der Waals surface area contributed by atoms with E-state index in [9.17, 15) is 9.59 Å². The number of methoxy groups -OCH3 is 1. The molecule has 3 aromatic rings. The smallest absolute Gasteiger partial charge is 0.224 e. The standard InChI is InChI=1S/C34H37N3O3/c1-22-19-26(36-17-7-4-8-18-36)13-16-28(22)34-33-30(35-29-9-5-6-10-31(29)37(34)23(2)38)20-25(21-32(33)39)24-11-14-27(40-3)15-12-24/h5-6,9-16,19,25,33-34H,4,7-8,17-18,20-21H2,1-3H3. The Morgan fingerprint density at radius 3 is 2.40 bits per heavy atom. The molecule has 3 aliphatic rings. The van der Waals surface area contributed by atoms with E-state index < -0.39 is 12.0 Å². The zero-order valence-corrected chi connectivity index (χ0v) is 23.6. The molecule has 0 bridgehead atoms. The molecule has 206 valence electrons. The van der Waals surface area contributed by atoms with Gasteiger partial charge in [-0.1, -0.05) is 30.3 Å². The van der Waals surface area contributed by atoms with E-state index in [0.29, 0.717) is 12.8 Å². The number of para-hydroxylation sites is 2. The first-order valence-electron chi connectivity index (χ1n) is 14.4. The molecule has 3 aromatic carbocycles. The van der Waals surface area contributed by atoms with Gasteiger partial charge in [0.2, 0.25) is 5.91 Å². The molecule has 1 saturated carbocycles. The average Bonchev–Trinajstić information content (AvgIpc) is 3.12. The fourth-order valence-electron chi connectivity index (χ4n) is 6.83. The lowest BCUT2D eigenvalue weighted by Gasteiger charge is -2.39. The summed E-state index contributed by atoms with van der Waals surface area (Å²) in [6.45, 7) is 5.85. The summed E-state index contributed by atoms with van der Waals surface area (Å²) in [6.07, 6.45) is 4.80. The van der Waals surface area contributed by atoms with Crippen LogP contribution < -0.4 is 14.5 Å². The highest BCUT2D eigenvalue weighted by Gasteiger charge is 2.46. The number of ketones is 1. The maximum atomic E-state index is 14.2. The Kier molecular flexibility index (Phi) is 7.18. The van der Waals surface area contributed by atoms with Crippen LogP contribution in [0.25, 0.3) is 0 Å². The highest BCUT2D eigenvalue weighted by molar-refractivity contribution is 6.13. The van der Waals surface area contributed by atoms with Crippen LogP contribution >= 0.6 is 0 Å². The van der Waals surface area contributed by atoms with Crippen molar-refractivity contribution in [1.29, 1.82) is 0 Å². The molecule has 40 heavy (non-hydrogen) atoms. The number of ether oxygens (including phenoxy) is 1. The van der Waals surface area contributed by atoms with E-state index in [1.165, 1.54) is 24.9 Å². The van der Waals surface area contributed by atoms with Crippen LogP contribution in [0.3, 0.4) is 0 Å². The molecule has 1 saturated heterocycles. The van der Waals surface area contributed by atoms with Gasteiger partial charge in [-0.2, -0.15) is 0 Å². The number of aryl methyl sites for hydroxylation is 1. The predicted octanol–water partition coefficient (Wildman–Crippen LogP) is 6.94. The Bertz CT molecular complexity index is 1460. The number of benzene rings is 3. The van der Waals surface area contributed by atoms with Crippen molar-refractivity contribution in [3.63, 3.8) is 0 Å². The summed E-state index contributed by atoms with van der Waals surface area (Å²) in [4.78, 5) is 37.0. The maximum Gasteiger partial charge on any atom is 0.224 e. The van der Waals surface area contributed by atoms with Gasteiger partial charge in [0.25, 0.3) is 0 Å². The SMILES string of the molecule is COc1ccc(C2CC(=O)C3C(=Nc4ccccc4N(C(C)=O)C3c3ccc(N4CCCCC4)cc3C)C2)cc1. The van der Waals surface area contributed by atoms with Gasteiger partial charge < -0.3 is 14.5 Å². The van der Waals surface area contributed by atoms with Crippen molar-refractivity contribution in [2.45, 2.75) is 57.9 Å². The van der Waals surface area contributed by atoms with Gasteiger partial charge >= 0.3 is 0 Å². The number of fused-ring (bicyclic) bond motifs is 2. The molecule has 1 amide bonds. The molecule has 3 atom stereocenters. The third-order valence-corrected chi connectivity index (χ3v) is 8.83. The number of carbonyl (C=O) groups is 2. The Hall–Kier alpha value is -3.93. The fraction of sp³-hybridized carbons (Fsp3) is 0.382. The topological polar surface area (TPSA) is 62.2 Å². The summed E-state index contributed by atoms with van der Waals surface area (Å²) in [5.74, 6) is 0.385. The van der Waals surface area contributed by atoms with Crippen molar-refractivity contribution in [3.05, 3.63) is 83.4 Å². The molecule has 6 heteroatoms. The second-order valence-electron chi connectivity index (χ2n) is 11.3. The number of amides is 1. The number of hydrogen-bond donors (Lipinski definition) is 0. The number of Topliss-reactive ketones (excluding diaryl/α,β-unsaturated/α-hetero) is 1. The number of anilines is 2. The molecule has 0 aromatic heterocycles. The molecule has 0 spiro atoms. The van der Waals surface area contributed by atoms with Gasteiger partial charge in [0.15, 0.2) is 0 Å². The lowest BCUT2D eigenvalue weighted by molar-refractivity contribution is -0.123. The Labute approximate surface area is 236 Å². The Balaban J connectivity index is 1.44. The minimum Gasteiger partial charge on any atom is -0.497 e. The zero-order chi connectivity index (χ0) is 27.8. The highest BCUT2D eigenvalue weighted by atomic mass is 16.5. The average molecular weight is 536 g/mol. The predicted molar refractivity (Wildman–Crippen MR) is 160 cm³/mol. The van der Waals surface area contributed by atoms with Crippen LogP contribution in [0.2, 0.25) is 0 Å². The molecule has 2 heterocycles. The molecule has 3 unspecified atom stereocenters. The molecule has 0 radical (unpaired) electrons. The van der Waals surface area contributed by atoms with E-state index in [2.05, 4.69) is 30.0 Å². The lowest BCUT2D eigenvalue weighted by atomic mass is 9.71. The summed E-state index contributed by atoms with van der Waals surface area (Å²) in [5.41, 5.74) is 6.80. The second kappa shape index (κ2) is 10.9. The van der Waals surface area contributed by atoms with Crippen LogP contribution in [0.15, 0.2) is 71.7 Å². The van der Waals surface area contributed by atoms with Gasteiger partial charge in [0.05, 0.1) is 30.4 Å². The number of carbonyl (C=O) groups excluding carboxylic acids is 2. The third kappa shape index (κ3) is 4.80. The van der Waals surface area contributed by atoms with Crippen LogP contribution in [-0.4, -0.2) is 37.6 Å². The molecule has 0 N–H and O–H groups in total. The quantitative estimate of drug-likeness (QED) is 0.363. The van der Waals surface area contributed by atoms with E-state index in [1.54, 1.807) is 14.0 Å². The highest BCUT2D eigenvalue weighted by Crippen LogP contribution is 2.48. The van der Waals surface area contributed by atoms with E-state index in [1.807, 2.05) is 53.4 Å². The number of aliphatic imine (C=N–C) groups is 1. The number of nitrogens with zero attached hydrogens (tertiary/aromatic N) is 3. The van der Waals surface area contributed by atoms with Crippen molar-refractivity contribution < 1.29 is 14.3 Å². The van der Waals surface area contributed by atoms with Crippen LogP contribution in [0, 0.1) is 12.8 Å².